The molecule has 1 aliphatic rings. The predicted molar refractivity (Wildman–Crippen MR) is 53.3 cm³/mol. The zero-order valence-corrected chi connectivity index (χ0v) is 9.50. The zero-order valence-electron chi connectivity index (χ0n) is 8.60. The molecule has 2 atom stereocenters. The Bertz CT molecular complexity index is 260. The molecule has 0 radical (unpaired) electrons. The van der Waals surface area contributed by atoms with Crippen LogP contribution in [0, 0.1) is 5.92 Å². The Morgan fingerprint density at radius 3 is 2.64 bits per heavy atom. The lowest BCUT2D eigenvalue weighted by molar-refractivity contribution is -0.118. The largest absolute Gasteiger partial charge is 0.335 e. The van der Waals surface area contributed by atoms with Gasteiger partial charge in [0.1, 0.15) is 11.9 Å². The van der Waals surface area contributed by atoms with Crippen LogP contribution in [0.2, 0.25) is 0 Å². The van der Waals surface area contributed by atoms with E-state index in [9.17, 15) is 14.3 Å². The van der Waals surface area contributed by atoms with Crippen molar-refractivity contribution in [1.29, 1.82) is 0 Å². The van der Waals surface area contributed by atoms with Crippen molar-refractivity contribution in [3.63, 3.8) is 0 Å². The molecule has 0 amide bonds. The molecule has 2 unspecified atom stereocenters. The standard InChI is InChI=1S/C9H17O4P/c1-3-7(2)13-14(11,12)6-9(10)8-4-5-8/h7-8H,3-6H2,1-2H3,(H,11,12). The number of hydrogen-bond acceptors (Lipinski definition) is 3. The van der Waals surface area contributed by atoms with E-state index in [4.69, 9.17) is 4.52 Å². The van der Waals surface area contributed by atoms with E-state index in [0.29, 0.717) is 6.42 Å². The Hall–Kier alpha value is -0.180. The molecule has 1 aliphatic carbocycles. The molecule has 0 aromatic heterocycles. The highest BCUT2D eigenvalue weighted by atomic mass is 31.2. The maximum Gasteiger partial charge on any atom is 0.335 e. The van der Waals surface area contributed by atoms with Crippen LogP contribution in [-0.4, -0.2) is 22.9 Å². The summed E-state index contributed by atoms with van der Waals surface area (Å²) in [5.74, 6) is -0.102. The van der Waals surface area contributed by atoms with Gasteiger partial charge in [-0.3, -0.25) is 9.36 Å². The summed E-state index contributed by atoms with van der Waals surface area (Å²) in [6.07, 6.45) is 1.81. The fourth-order valence-corrected chi connectivity index (χ4v) is 2.56. The molecule has 82 valence electrons. The van der Waals surface area contributed by atoms with E-state index in [1.165, 1.54) is 0 Å². The molecule has 4 nitrogen and oxygen atoms in total. The van der Waals surface area contributed by atoms with Crippen LogP contribution in [0.4, 0.5) is 0 Å². The van der Waals surface area contributed by atoms with Crippen LogP contribution in [0.25, 0.3) is 0 Å². The monoisotopic (exact) mass is 220 g/mol. The van der Waals surface area contributed by atoms with Crippen LogP contribution in [-0.2, 0) is 13.9 Å². The first kappa shape index (κ1) is 11.9. The number of carbonyl (C=O) groups is 1. The second-order valence-electron chi connectivity index (χ2n) is 3.86. The summed E-state index contributed by atoms with van der Waals surface area (Å²) in [5, 5.41) is 0. The zero-order chi connectivity index (χ0) is 10.8. The lowest BCUT2D eigenvalue weighted by atomic mass is 10.3. The third-order valence-corrected chi connectivity index (χ3v) is 3.71. The van der Waals surface area contributed by atoms with Crippen molar-refractivity contribution >= 4 is 13.4 Å². The van der Waals surface area contributed by atoms with Crippen LogP contribution in [0.1, 0.15) is 33.1 Å². The molecule has 0 spiro atoms. The minimum atomic E-state index is -3.68. The van der Waals surface area contributed by atoms with E-state index < -0.39 is 7.60 Å². The quantitative estimate of drug-likeness (QED) is 0.695. The molecule has 0 heterocycles. The van der Waals surface area contributed by atoms with Gasteiger partial charge in [0.25, 0.3) is 0 Å². The molecule has 14 heavy (non-hydrogen) atoms. The van der Waals surface area contributed by atoms with Gasteiger partial charge in [-0.1, -0.05) is 6.92 Å². The van der Waals surface area contributed by atoms with E-state index >= 15 is 0 Å². The molecular formula is C9H17O4P. The predicted octanol–water partition coefficient (Wildman–Crippen LogP) is 1.97. The molecule has 0 saturated heterocycles. The number of rotatable bonds is 6. The van der Waals surface area contributed by atoms with Gasteiger partial charge >= 0.3 is 7.60 Å². The first-order chi connectivity index (χ1) is 6.44. The van der Waals surface area contributed by atoms with E-state index in [-0.39, 0.29) is 24.0 Å². The van der Waals surface area contributed by atoms with Gasteiger partial charge in [-0.25, -0.2) is 0 Å². The summed E-state index contributed by atoms with van der Waals surface area (Å²) >= 11 is 0. The summed E-state index contributed by atoms with van der Waals surface area (Å²) < 4.78 is 16.4. The van der Waals surface area contributed by atoms with Gasteiger partial charge in [-0.15, -0.1) is 0 Å². The molecule has 1 fully saturated rings. The van der Waals surface area contributed by atoms with Crippen LogP contribution in [0.5, 0.6) is 0 Å². The van der Waals surface area contributed by atoms with Gasteiger partial charge in [0, 0.05) is 5.92 Å². The molecular weight excluding hydrogens is 203 g/mol. The lowest BCUT2D eigenvalue weighted by Crippen LogP contribution is -2.12. The number of ketones is 1. The highest BCUT2D eigenvalue weighted by molar-refractivity contribution is 7.53. The van der Waals surface area contributed by atoms with Crippen molar-refractivity contribution in [3.05, 3.63) is 0 Å². The fourth-order valence-electron chi connectivity index (χ4n) is 1.12. The maximum absolute atomic E-state index is 11.4. The van der Waals surface area contributed by atoms with Gasteiger partial charge in [0.15, 0.2) is 0 Å². The third-order valence-electron chi connectivity index (χ3n) is 2.31. The van der Waals surface area contributed by atoms with Crippen molar-refractivity contribution in [3.8, 4) is 0 Å². The second kappa shape index (κ2) is 4.56. The first-order valence-corrected chi connectivity index (χ1v) is 6.74. The second-order valence-corrected chi connectivity index (χ2v) is 5.66. The number of carbonyl (C=O) groups excluding carboxylic acids is 1. The summed E-state index contributed by atoms with van der Waals surface area (Å²) in [7, 11) is -3.68. The molecule has 0 bridgehead atoms. The fraction of sp³-hybridized carbons (Fsp3) is 0.889. The van der Waals surface area contributed by atoms with Gasteiger partial charge in [0.2, 0.25) is 0 Å². The van der Waals surface area contributed by atoms with E-state index in [2.05, 4.69) is 0 Å². The smallest absolute Gasteiger partial charge is 0.324 e. The van der Waals surface area contributed by atoms with Crippen molar-refractivity contribution in [2.45, 2.75) is 39.2 Å². The molecule has 1 rings (SSSR count). The lowest BCUT2D eigenvalue weighted by Gasteiger charge is -2.15. The highest BCUT2D eigenvalue weighted by Gasteiger charge is 2.35. The summed E-state index contributed by atoms with van der Waals surface area (Å²) in [6, 6.07) is 0. The molecule has 5 heteroatoms. The van der Waals surface area contributed by atoms with Crippen molar-refractivity contribution in [1.82, 2.24) is 0 Å². The average Bonchev–Trinajstić information content (AvgIpc) is 2.84. The first-order valence-electron chi connectivity index (χ1n) is 4.97. The Morgan fingerprint density at radius 1 is 1.64 bits per heavy atom. The summed E-state index contributed by atoms with van der Waals surface area (Å²) in [4.78, 5) is 20.7. The maximum atomic E-state index is 11.4. The molecule has 0 aromatic rings. The van der Waals surface area contributed by atoms with Crippen molar-refractivity contribution in [2.75, 3.05) is 6.16 Å². The van der Waals surface area contributed by atoms with Crippen LogP contribution in [0.15, 0.2) is 0 Å². The number of hydrogen-bond donors (Lipinski definition) is 1. The topological polar surface area (TPSA) is 63.6 Å². The number of Topliss-reactive ketones (excluding diaryl/α,β-unsaturated/α-hetero) is 1. The Kier molecular flexibility index (Phi) is 3.87. The van der Waals surface area contributed by atoms with E-state index in [1.54, 1.807) is 6.92 Å². The van der Waals surface area contributed by atoms with Crippen LogP contribution >= 0.6 is 7.60 Å². The average molecular weight is 220 g/mol. The van der Waals surface area contributed by atoms with Gasteiger partial charge in [-0.05, 0) is 26.2 Å². The van der Waals surface area contributed by atoms with E-state index in [0.717, 1.165) is 12.8 Å². The molecule has 0 aromatic carbocycles. The normalized spacial score (nSPS) is 22.8. The molecule has 0 aliphatic heterocycles. The highest BCUT2D eigenvalue weighted by Crippen LogP contribution is 2.46. The summed E-state index contributed by atoms with van der Waals surface area (Å²) in [5.41, 5.74) is 0. The van der Waals surface area contributed by atoms with Gasteiger partial charge in [-0.2, -0.15) is 0 Å². The Labute approximate surface area is 84.2 Å². The Morgan fingerprint density at radius 2 is 2.21 bits per heavy atom. The van der Waals surface area contributed by atoms with Crippen molar-refractivity contribution in [2.24, 2.45) is 5.92 Å². The summed E-state index contributed by atoms with van der Waals surface area (Å²) in [6.45, 7) is 3.60. The van der Waals surface area contributed by atoms with E-state index in [1.807, 2.05) is 6.92 Å². The minimum Gasteiger partial charge on any atom is -0.324 e. The van der Waals surface area contributed by atoms with Gasteiger partial charge in [0.05, 0.1) is 6.10 Å². The van der Waals surface area contributed by atoms with Crippen LogP contribution < -0.4 is 0 Å². The SMILES string of the molecule is CCC(C)OP(=O)(O)CC(=O)C1CC1. The third kappa shape index (κ3) is 3.91. The minimum absolute atomic E-state index is 0.0241. The Balaban J connectivity index is 2.39. The van der Waals surface area contributed by atoms with Crippen molar-refractivity contribution < 1.29 is 18.8 Å². The molecule has 1 N–H and O–H groups in total. The van der Waals surface area contributed by atoms with Crippen LogP contribution in [0.3, 0.4) is 0 Å². The molecule has 1 saturated carbocycles. The van der Waals surface area contributed by atoms with Gasteiger partial charge < -0.3 is 9.42 Å².